The van der Waals surface area contributed by atoms with Crippen molar-refractivity contribution in [3.05, 3.63) is 0 Å². The zero-order valence-electron chi connectivity index (χ0n) is 14.3. The SMILES string of the molecule is CCCCN(C(C)CC)C(CCC)CNCC(C)C. The molecule has 0 rings (SSSR count). The number of rotatable bonds is 12. The molecule has 0 radical (unpaired) electrons. The van der Waals surface area contributed by atoms with E-state index in [0.717, 1.165) is 19.0 Å². The molecule has 1 N–H and O–H groups in total. The van der Waals surface area contributed by atoms with Crippen LogP contribution in [0.1, 0.15) is 73.6 Å². The maximum Gasteiger partial charge on any atom is 0.0223 e. The van der Waals surface area contributed by atoms with E-state index in [1.165, 1.54) is 38.6 Å². The minimum atomic E-state index is 0.712. The van der Waals surface area contributed by atoms with Crippen molar-refractivity contribution in [3.63, 3.8) is 0 Å². The van der Waals surface area contributed by atoms with Crippen LogP contribution in [0.3, 0.4) is 0 Å². The van der Waals surface area contributed by atoms with Crippen molar-refractivity contribution < 1.29 is 0 Å². The summed E-state index contributed by atoms with van der Waals surface area (Å²) >= 11 is 0. The molecule has 19 heavy (non-hydrogen) atoms. The lowest BCUT2D eigenvalue weighted by molar-refractivity contribution is 0.126. The number of nitrogens with zero attached hydrogens (tertiary/aromatic N) is 1. The first-order valence-corrected chi connectivity index (χ1v) is 8.53. The summed E-state index contributed by atoms with van der Waals surface area (Å²) in [5, 5.41) is 3.66. The molecule has 0 aliphatic heterocycles. The van der Waals surface area contributed by atoms with Crippen molar-refractivity contribution >= 4 is 0 Å². The molecule has 2 nitrogen and oxygen atoms in total. The van der Waals surface area contributed by atoms with Gasteiger partial charge < -0.3 is 5.32 Å². The summed E-state index contributed by atoms with van der Waals surface area (Å²) in [6.07, 6.45) is 6.49. The average Bonchev–Trinajstić information content (AvgIpc) is 2.38. The fourth-order valence-electron chi connectivity index (χ4n) is 2.60. The van der Waals surface area contributed by atoms with E-state index in [0.29, 0.717) is 12.1 Å². The summed E-state index contributed by atoms with van der Waals surface area (Å²) in [4.78, 5) is 2.75. The van der Waals surface area contributed by atoms with E-state index in [2.05, 4.69) is 51.8 Å². The fourth-order valence-corrected chi connectivity index (χ4v) is 2.60. The number of hydrogen-bond acceptors (Lipinski definition) is 2. The van der Waals surface area contributed by atoms with Crippen LogP contribution >= 0.6 is 0 Å². The van der Waals surface area contributed by atoms with Crippen molar-refractivity contribution in [2.45, 2.75) is 85.7 Å². The Kier molecular flexibility index (Phi) is 11.7. The lowest BCUT2D eigenvalue weighted by atomic mass is 10.1. The van der Waals surface area contributed by atoms with E-state index in [1.807, 2.05) is 0 Å². The fraction of sp³-hybridized carbons (Fsp3) is 1.00. The van der Waals surface area contributed by atoms with Crippen molar-refractivity contribution in [2.24, 2.45) is 5.92 Å². The molecular formula is C17H38N2. The minimum Gasteiger partial charge on any atom is -0.315 e. The molecular weight excluding hydrogens is 232 g/mol. The van der Waals surface area contributed by atoms with Gasteiger partial charge in [0, 0.05) is 18.6 Å². The van der Waals surface area contributed by atoms with Gasteiger partial charge in [-0.25, -0.2) is 0 Å². The molecule has 2 heteroatoms. The Bertz CT molecular complexity index is 192. The van der Waals surface area contributed by atoms with Gasteiger partial charge in [0.25, 0.3) is 0 Å². The van der Waals surface area contributed by atoms with E-state index in [-0.39, 0.29) is 0 Å². The van der Waals surface area contributed by atoms with Crippen LogP contribution in [0.5, 0.6) is 0 Å². The van der Waals surface area contributed by atoms with Crippen LogP contribution < -0.4 is 5.32 Å². The maximum atomic E-state index is 3.66. The van der Waals surface area contributed by atoms with E-state index >= 15 is 0 Å². The highest BCUT2D eigenvalue weighted by atomic mass is 15.2. The molecule has 0 fully saturated rings. The van der Waals surface area contributed by atoms with Crippen molar-refractivity contribution in [1.29, 1.82) is 0 Å². The first-order chi connectivity index (χ1) is 9.06. The Morgan fingerprint density at radius 3 is 2.11 bits per heavy atom. The van der Waals surface area contributed by atoms with Crippen molar-refractivity contribution in [3.8, 4) is 0 Å². The van der Waals surface area contributed by atoms with Crippen LogP contribution in [0.15, 0.2) is 0 Å². The summed E-state index contributed by atoms with van der Waals surface area (Å²) < 4.78 is 0. The Morgan fingerprint density at radius 2 is 1.63 bits per heavy atom. The first kappa shape index (κ1) is 18.9. The summed E-state index contributed by atoms with van der Waals surface area (Å²) in [5.74, 6) is 0.745. The largest absolute Gasteiger partial charge is 0.315 e. The van der Waals surface area contributed by atoms with Crippen LogP contribution in [-0.2, 0) is 0 Å². The van der Waals surface area contributed by atoms with Gasteiger partial charge in [-0.05, 0) is 45.2 Å². The quantitative estimate of drug-likeness (QED) is 0.569. The molecule has 0 saturated heterocycles. The molecule has 116 valence electrons. The molecule has 0 amide bonds. The number of hydrogen-bond donors (Lipinski definition) is 1. The van der Waals surface area contributed by atoms with Gasteiger partial charge in [-0.15, -0.1) is 0 Å². The molecule has 0 aromatic rings. The van der Waals surface area contributed by atoms with Gasteiger partial charge in [0.2, 0.25) is 0 Å². The summed E-state index contributed by atoms with van der Waals surface area (Å²) in [7, 11) is 0. The predicted molar refractivity (Wildman–Crippen MR) is 87.8 cm³/mol. The summed E-state index contributed by atoms with van der Waals surface area (Å²) in [6.45, 7) is 17.4. The van der Waals surface area contributed by atoms with Crippen LogP contribution in [-0.4, -0.2) is 36.6 Å². The highest BCUT2D eigenvalue weighted by molar-refractivity contribution is 4.78. The Hall–Kier alpha value is -0.0800. The zero-order valence-corrected chi connectivity index (χ0v) is 14.3. The van der Waals surface area contributed by atoms with Gasteiger partial charge in [0.1, 0.15) is 0 Å². The molecule has 2 unspecified atom stereocenters. The van der Waals surface area contributed by atoms with E-state index in [1.54, 1.807) is 0 Å². The van der Waals surface area contributed by atoms with Crippen molar-refractivity contribution in [2.75, 3.05) is 19.6 Å². The minimum absolute atomic E-state index is 0.712. The third-order valence-corrected chi connectivity index (χ3v) is 3.95. The molecule has 0 spiro atoms. The molecule has 0 heterocycles. The van der Waals surface area contributed by atoms with Gasteiger partial charge >= 0.3 is 0 Å². The van der Waals surface area contributed by atoms with Crippen LogP contribution in [0.2, 0.25) is 0 Å². The molecule has 0 bridgehead atoms. The van der Waals surface area contributed by atoms with Gasteiger partial charge in [0.05, 0.1) is 0 Å². The molecule has 0 aliphatic carbocycles. The topological polar surface area (TPSA) is 15.3 Å². The molecule has 0 aromatic heterocycles. The van der Waals surface area contributed by atoms with E-state index < -0.39 is 0 Å². The van der Waals surface area contributed by atoms with Crippen molar-refractivity contribution in [1.82, 2.24) is 10.2 Å². The van der Waals surface area contributed by atoms with Crippen LogP contribution in [0, 0.1) is 5.92 Å². The van der Waals surface area contributed by atoms with E-state index in [4.69, 9.17) is 0 Å². The summed E-state index contributed by atoms with van der Waals surface area (Å²) in [6, 6.07) is 1.43. The van der Waals surface area contributed by atoms with Gasteiger partial charge in [0.15, 0.2) is 0 Å². The number of unbranched alkanes of at least 4 members (excludes halogenated alkanes) is 1. The maximum absolute atomic E-state index is 3.66. The lowest BCUT2D eigenvalue weighted by Gasteiger charge is -2.36. The number of nitrogens with one attached hydrogen (secondary N) is 1. The second-order valence-corrected chi connectivity index (χ2v) is 6.34. The second kappa shape index (κ2) is 11.7. The van der Waals surface area contributed by atoms with Gasteiger partial charge in [-0.3, -0.25) is 4.90 Å². The molecule has 0 aromatic carbocycles. The predicted octanol–water partition coefficient (Wildman–Crippen LogP) is 4.30. The van der Waals surface area contributed by atoms with Crippen LogP contribution in [0.4, 0.5) is 0 Å². The highest BCUT2D eigenvalue weighted by Crippen LogP contribution is 2.14. The zero-order chi connectivity index (χ0) is 14.7. The monoisotopic (exact) mass is 270 g/mol. The highest BCUT2D eigenvalue weighted by Gasteiger charge is 2.21. The molecule has 2 atom stereocenters. The average molecular weight is 271 g/mol. The second-order valence-electron chi connectivity index (χ2n) is 6.34. The normalized spacial score (nSPS) is 15.2. The standard InChI is InChI=1S/C17H38N2/c1-7-10-12-19(16(6)9-3)17(11-8-2)14-18-13-15(4)5/h15-18H,7-14H2,1-6H3. The van der Waals surface area contributed by atoms with Crippen LogP contribution in [0.25, 0.3) is 0 Å². The molecule has 0 aliphatic rings. The molecule has 0 saturated carbocycles. The third kappa shape index (κ3) is 8.65. The smallest absolute Gasteiger partial charge is 0.0223 e. The van der Waals surface area contributed by atoms with Gasteiger partial charge in [-0.1, -0.05) is 47.5 Å². The Labute approximate surface area is 122 Å². The first-order valence-electron chi connectivity index (χ1n) is 8.53. The van der Waals surface area contributed by atoms with Gasteiger partial charge in [-0.2, -0.15) is 0 Å². The lowest BCUT2D eigenvalue weighted by Crippen LogP contribution is -2.47. The Morgan fingerprint density at radius 1 is 0.947 bits per heavy atom. The summed E-state index contributed by atoms with van der Waals surface area (Å²) in [5.41, 5.74) is 0. The third-order valence-electron chi connectivity index (χ3n) is 3.95. The Balaban J connectivity index is 4.45. The van der Waals surface area contributed by atoms with E-state index in [9.17, 15) is 0 Å².